The number of nitrogens with one attached hydrogen (secondary N) is 1. The van der Waals surface area contributed by atoms with Crippen LogP contribution in [-0.4, -0.2) is 56.8 Å². The molecule has 33 heavy (non-hydrogen) atoms. The van der Waals surface area contributed by atoms with Crippen molar-refractivity contribution in [3.05, 3.63) is 51.5 Å². The highest BCUT2D eigenvalue weighted by atomic mass is 79.9. The zero-order valence-electron chi connectivity index (χ0n) is 18.5. The molecule has 2 aromatic carbocycles. The first kappa shape index (κ1) is 24.7. The van der Waals surface area contributed by atoms with Gasteiger partial charge in [-0.05, 0) is 52.7 Å². The van der Waals surface area contributed by atoms with Gasteiger partial charge in [0.05, 0.1) is 42.3 Å². The van der Waals surface area contributed by atoms with Crippen molar-refractivity contribution in [3.8, 4) is 11.5 Å². The number of sulfone groups is 1. The molecule has 3 rings (SSSR count). The fourth-order valence-electron chi connectivity index (χ4n) is 3.69. The highest BCUT2D eigenvalue weighted by Gasteiger charge is 2.44. The van der Waals surface area contributed by atoms with E-state index in [9.17, 15) is 22.8 Å². The van der Waals surface area contributed by atoms with Gasteiger partial charge >= 0.3 is 0 Å². The molecule has 0 fully saturated rings. The highest BCUT2D eigenvalue weighted by molar-refractivity contribution is 9.10. The maximum absolute atomic E-state index is 13.5. The third-order valence-electron chi connectivity index (χ3n) is 4.98. The molecule has 0 saturated heterocycles. The molecule has 3 amide bonds. The molecular formula is C22H23BrN2O7S. The summed E-state index contributed by atoms with van der Waals surface area (Å²) in [6.07, 6.45) is 1.03. The standard InChI is InChI=1S/C22H23BrN2O7S/c1-5-32-18-10-13(6-9-17(18)31-3)16(11-33(4,29)30)25-21(27)19-14(23)7-8-15(24-12(2)26)20(19)22(25)28/h6-10,16H,5,11H2,1-4H3,(H,24,26)/t16-/m1/s1. The predicted octanol–water partition coefficient (Wildman–Crippen LogP) is 3.20. The summed E-state index contributed by atoms with van der Waals surface area (Å²) in [6.45, 7) is 3.40. The van der Waals surface area contributed by atoms with E-state index >= 15 is 0 Å². The van der Waals surface area contributed by atoms with Gasteiger partial charge in [0.2, 0.25) is 5.91 Å². The van der Waals surface area contributed by atoms with Gasteiger partial charge in [-0.15, -0.1) is 0 Å². The molecule has 0 aliphatic carbocycles. The number of ether oxygens (including phenoxy) is 2. The molecule has 1 aliphatic rings. The number of imide groups is 1. The minimum absolute atomic E-state index is 0.00150. The van der Waals surface area contributed by atoms with Gasteiger partial charge in [-0.3, -0.25) is 19.3 Å². The Morgan fingerprint density at radius 3 is 2.36 bits per heavy atom. The van der Waals surface area contributed by atoms with Crippen LogP contribution >= 0.6 is 15.9 Å². The van der Waals surface area contributed by atoms with Crippen LogP contribution in [0.15, 0.2) is 34.8 Å². The Kier molecular flexibility index (Phi) is 7.13. The molecule has 0 bridgehead atoms. The van der Waals surface area contributed by atoms with E-state index in [4.69, 9.17) is 9.47 Å². The predicted molar refractivity (Wildman–Crippen MR) is 126 cm³/mol. The number of nitrogens with zero attached hydrogens (tertiary/aromatic N) is 1. The normalized spacial score (nSPS) is 14.2. The van der Waals surface area contributed by atoms with E-state index in [1.807, 2.05) is 0 Å². The number of anilines is 1. The molecule has 2 aromatic rings. The topological polar surface area (TPSA) is 119 Å². The van der Waals surface area contributed by atoms with E-state index < -0.39 is 39.4 Å². The zero-order chi connectivity index (χ0) is 24.5. The lowest BCUT2D eigenvalue weighted by molar-refractivity contribution is -0.114. The van der Waals surface area contributed by atoms with Crippen LogP contribution in [0.25, 0.3) is 0 Å². The summed E-state index contributed by atoms with van der Waals surface area (Å²) < 4.78 is 35.8. The Hall–Kier alpha value is -2.92. The van der Waals surface area contributed by atoms with Crippen LogP contribution in [-0.2, 0) is 14.6 Å². The quantitative estimate of drug-likeness (QED) is 0.512. The number of hydrogen-bond donors (Lipinski definition) is 1. The molecule has 9 nitrogen and oxygen atoms in total. The van der Waals surface area contributed by atoms with Crippen molar-refractivity contribution in [2.75, 3.05) is 31.0 Å². The van der Waals surface area contributed by atoms with Crippen molar-refractivity contribution in [3.63, 3.8) is 0 Å². The monoisotopic (exact) mass is 538 g/mol. The van der Waals surface area contributed by atoms with Crippen LogP contribution in [0.1, 0.15) is 46.2 Å². The van der Waals surface area contributed by atoms with Crippen molar-refractivity contribution >= 4 is 49.2 Å². The van der Waals surface area contributed by atoms with E-state index in [2.05, 4.69) is 21.2 Å². The molecular weight excluding hydrogens is 516 g/mol. The number of halogens is 1. The number of carbonyl (C=O) groups excluding carboxylic acids is 3. The largest absolute Gasteiger partial charge is 0.493 e. The first-order valence-electron chi connectivity index (χ1n) is 9.94. The van der Waals surface area contributed by atoms with Gasteiger partial charge in [0.25, 0.3) is 11.8 Å². The molecule has 0 radical (unpaired) electrons. The highest BCUT2D eigenvalue weighted by Crippen LogP contribution is 2.40. The van der Waals surface area contributed by atoms with Crippen molar-refractivity contribution < 1.29 is 32.3 Å². The van der Waals surface area contributed by atoms with Crippen molar-refractivity contribution in [1.82, 2.24) is 4.90 Å². The van der Waals surface area contributed by atoms with Gasteiger partial charge in [-0.1, -0.05) is 6.07 Å². The maximum Gasteiger partial charge on any atom is 0.264 e. The summed E-state index contributed by atoms with van der Waals surface area (Å²) in [6, 6.07) is 6.66. The third kappa shape index (κ3) is 5.03. The molecule has 0 spiro atoms. The number of benzene rings is 2. The fraction of sp³-hybridized carbons (Fsp3) is 0.318. The number of fused-ring (bicyclic) bond motifs is 1. The van der Waals surface area contributed by atoms with Crippen LogP contribution in [0.4, 0.5) is 5.69 Å². The van der Waals surface area contributed by atoms with E-state index in [1.54, 1.807) is 31.2 Å². The van der Waals surface area contributed by atoms with Crippen LogP contribution in [0.3, 0.4) is 0 Å². The second-order valence-corrected chi connectivity index (χ2v) is 10.5. The van der Waals surface area contributed by atoms with Gasteiger partial charge in [-0.25, -0.2) is 8.42 Å². The first-order valence-corrected chi connectivity index (χ1v) is 12.8. The van der Waals surface area contributed by atoms with E-state index in [1.165, 1.54) is 20.1 Å². The smallest absolute Gasteiger partial charge is 0.264 e. The van der Waals surface area contributed by atoms with Gasteiger partial charge in [0.15, 0.2) is 11.5 Å². The average molecular weight is 539 g/mol. The number of amides is 3. The lowest BCUT2D eigenvalue weighted by Crippen LogP contribution is -2.37. The van der Waals surface area contributed by atoms with E-state index in [0.717, 1.165) is 11.2 Å². The Morgan fingerprint density at radius 2 is 1.79 bits per heavy atom. The molecule has 1 N–H and O–H groups in total. The van der Waals surface area contributed by atoms with Gasteiger partial charge in [-0.2, -0.15) is 0 Å². The number of methoxy groups -OCH3 is 1. The molecule has 1 aliphatic heterocycles. The Labute approximate surface area is 200 Å². The van der Waals surface area contributed by atoms with Crippen LogP contribution < -0.4 is 14.8 Å². The Morgan fingerprint density at radius 1 is 1.12 bits per heavy atom. The molecule has 0 aromatic heterocycles. The SMILES string of the molecule is CCOc1cc([C@@H](CS(C)(=O)=O)N2C(=O)c3c(Br)ccc(NC(C)=O)c3C2=O)ccc1OC. The zero-order valence-corrected chi connectivity index (χ0v) is 20.9. The summed E-state index contributed by atoms with van der Waals surface area (Å²) in [5.74, 6) is -1.51. The summed E-state index contributed by atoms with van der Waals surface area (Å²) in [5.41, 5.74) is 0.616. The summed E-state index contributed by atoms with van der Waals surface area (Å²) in [7, 11) is -2.15. The number of carbonyl (C=O) groups is 3. The summed E-state index contributed by atoms with van der Waals surface area (Å²) in [5, 5.41) is 2.56. The lowest BCUT2D eigenvalue weighted by atomic mass is 10.1. The Bertz CT molecular complexity index is 1240. The van der Waals surface area contributed by atoms with Gasteiger partial charge < -0.3 is 14.8 Å². The molecule has 176 valence electrons. The van der Waals surface area contributed by atoms with Crippen LogP contribution in [0.5, 0.6) is 11.5 Å². The fourth-order valence-corrected chi connectivity index (χ4v) is 5.11. The third-order valence-corrected chi connectivity index (χ3v) is 6.56. The second kappa shape index (κ2) is 9.52. The van der Waals surface area contributed by atoms with Crippen molar-refractivity contribution in [2.24, 2.45) is 0 Å². The van der Waals surface area contributed by atoms with Crippen molar-refractivity contribution in [1.29, 1.82) is 0 Å². The summed E-state index contributed by atoms with van der Waals surface area (Å²) in [4.78, 5) is 39.4. The van der Waals surface area contributed by atoms with Crippen LogP contribution in [0, 0.1) is 0 Å². The second-order valence-electron chi connectivity index (χ2n) is 7.46. The maximum atomic E-state index is 13.5. The first-order chi connectivity index (χ1) is 15.5. The minimum atomic E-state index is -3.62. The van der Waals surface area contributed by atoms with E-state index in [0.29, 0.717) is 28.1 Å². The van der Waals surface area contributed by atoms with Gasteiger partial charge in [0.1, 0.15) is 9.84 Å². The lowest BCUT2D eigenvalue weighted by Gasteiger charge is -2.27. The minimum Gasteiger partial charge on any atom is -0.493 e. The molecule has 0 unspecified atom stereocenters. The van der Waals surface area contributed by atoms with Crippen LogP contribution in [0.2, 0.25) is 0 Å². The molecule has 1 heterocycles. The summed E-state index contributed by atoms with van der Waals surface area (Å²) >= 11 is 3.29. The number of rotatable bonds is 8. The van der Waals surface area contributed by atoms with Crippen molar-refractivity contribution in [2.45, 2.75) is 19.9 Å². The average Bonchev–Trinajstić information content (AvgIpc) is 2.99. The molecule has 0 saturated carbocycles. The van der Waals surface area contributed by atoms with E-state index in [-0.39, 0.29) is 16.8 Å². The van der Waals surface area contributed by atoms with Gasteiger partial charge in [0, 0.05) is 17.7 Å². The Balaban J connectivity index is 2.17. The molecule has 1 atom stereocenters. The molecule has 11 heteroatoms. The number of hydrogen-bond acceptors (Lipinski definition) is 7.